The van der Waals surface area contributed by atoms with Crippen LogP contribution < -0.4 is 5.32 Å². The Hall–Kier alpha value is -2.99. The molecule has 4 aromatic rings. The smallest absolute Gasteiger partial charge is 0.184 e. The maximum absolute atomic E-state index is 6.29. The molecule has 2 aromatic carbocycles. The number of aromatic nitrogens is 5. The van der Waals surface area contributed by atoms with Crippen molar-refractivity contribution in [3.8, 4) is 11.4 Å². The summed E-state index contributed by atoms with van der Waals surface area (Å²) in [4.78, 5) is 9.35. The number of nitrogens with zero attached hydrogens (tertiary/aromatic N) is 5. The minimum absolute atomic E-state index is 0.493. The van der Waals surface area contributed by atoms with Gasteiger partial charge in [0, 0.05) is 17.1 Å². The first kappa shape index (κ1) is 16.5. The normalized spacial score (nSPS) is 11.0. The van der Waals surface area contributed by atoms with Gasteiger partial charge in [0.15, 0.2) is 22.8 Å². The molecule has 0 saturated heterocycles. The van der Waals surface area contributed by atoms with Gasteiger partial charge in [-0.3, -0.25) is 0 Å². The summed E-state index contributed by atoms with van der Waals surface area (Å²) in [6.07, 6.45) is 0. The maximum Gasteiger partial charge on any atom is 0.184 e. The van der Waals surface area contributed by atoms with Crippen LogP contribution in [0, 0.1) is 0 Å². The molecule has 0 aliphatic carbocycles. The quantitative estimate of drug-likeness (QED) is 0.579. The monoisotopic (exact) mass is 364 g/mol. The summed E-state index contributed by atoms with van der Waals surface area (Å²) >= 11 is 6.29. The Morgan fingerprint density at radius 3 is 2.54 bits per heavy atom. The summed E-state index contributed by atoms with van der Waals surface area (Å²) in [7, 11) is 0. The van der Waals surface area contributed by atoms with Gasteiger partial charge in [0.2, 0.25) is 0 Å². The van der Waals surface area contributed by atoms with Crippen LogP contribution >= 0.6 is 11.6 Å². The molecule has 7 heteroatoms. The van der Waals surface area contributed by atoms with E-state index >= 15 is 0 Å². The number of hydrogen-bond acceptors (Lipinski definition) is 5. The summed E-state index contributed by atoms with van der Waals surface area (Å²) in [5.41, 5.74) is 3.23. The molecule has 0 atom stereocenters. The summed E-state index contributed by atoms with van der Waals surface area (Å²) in [6, 6.07) is 17.6. The highest BCUT2D eigenvalue weighted by molar-refractivity contribution is 6.31. The highest BCUT2D eigenvalue weighted by Crippen LogP contribution is 2.24. The second kappa shape index (κ2) is 7.09. The third-order valence-corrected chi connectivity index (χ3v) is 4.39. The average molecular weight is 365 g/mol. The van der Waals surface area contributed by atoms with Crippen LogP contribution in [0.2, 0.25) is 5.02 Å². The van der Waals surface area contributed by atoms with Gasteiger partial charge in [-0.15, -0.1) is 5.10 Å². The Balaban J connectivity index is 1.85. The molecule has 0 spiro atoms. The number of fused-ring (bicyclic) bond motifs is 1. The first-order valence-electron chi connectivity index (χ1n) is 8.40. The Kier molecular flexibility index (Phi) is 4.50. The lowest BCUT2D eigenvalue weighted by molar-refractivity contribution is 0.664. The number of hydrogen-bond donors (Lipinski definition) is 1. The molecule has 2 heterocycles. The van der Waals surface area contributed by atoms with Crippen molar-refractivity contribution < 1.29 is 0 Å². The van der Waals surface area contributed by atoms with Crippen molar-refractivity contribution in [3.05, 3.63) is 65.2 Å². The van der Waals surface area contributed by atoms with Gasteiger partial charge in [-0.1, -0.05) is 65.3 Å². The van der Waals surface area contributed by atoms with E-state index in [9.17, 15) is 0 Å². The van der Waals surface area contributed by atoms with E-state index in [2.05, 4.69) is 20.6 Å². The summed E-state index contributed by atoms with van der Waals surface area (Å²) in [5, 5.41) is 12.5. The van der Waals surface area contributed by atoms with Gasteiger partial charge in [0.25, 0.3) is 0 Å². The van der Waals surface area contributed by atoms with Gasteiger partial charge in [-0.2, -0.15) is 0 Å². The Labute approximate surface area is 155 Å². The highest BCUT2D eigenvalue weighted by Gasteiger charge is 2.16. The van der Waals surface area contributed by atoms with Gasteiger partial charge in [0.1, 0.15) is 0 Å². The Bertz CT molecular complexity index is 1040. The fraction of sp³-hybridized carbons (Fsp3) is 0.158. The molecule has 0 aliphatic heterocycles. The molecule has 0 radical (unpaired) electrons. The molecule has 0 saturated carbocycles. The van der Waals surface area contributed by atoms with E-state index in [0.29, 0.717) is 34.4 Å². The van der Waals surface area contributed by atoms with Crippen molar-refractivity contribution in [1.82, 2.24) is 25.0 Å². The summed E-state index contributed by atoms with van der Waals surface area (Å²) in [5.74, 6) is 1.32. The van der Waals surface area contributed by atoms with Crippen molar-refractivity contribution in [2.75, 3.05) is 11.9 Å². The molecule has 4 rings (SSSR count). The Morgan fingerprint density at radius 2 is 1.77 bits per heavy atom. The van der Waals surface area contributed by atoms with Crippen LogP contribution in [0.15, 0.2) is 54.6 Å². The van der Waals surface area contributed by atoms with E-state index in [4.69, 9.17) is 16.6 Å². The lowest BCUT2D eigenvalue weighted by Gasteiger charge is -2.08. The van der Waals surface area contributed by atoms with Crippen LogP contribution in [0.25, 0.3) is 22.6 Å². The molecule has 0 unspecified atom stereocenters. The summed E-state index contributed by atoms with van der Waals surface area (Å²) < 4.78 is 1.76. The first-order valence-corrected chi connectivity index (χ1v) is 8.78. The fourth-order valence-corrected chi connectivity index (χ4v) is 2.95. The largest absolute Gasteiger partial charge is 0.368 e. The molecule has 1 N–H and O–H groups in total. The zero-order valence-electron chi connectivity index (χ0n) is 14.2. The van der Waals surface area contributed by atoms with Gasteiger partial charge < -0.3 is 5.32 Å². The van der Waals surface area contributed by atoms with Gasteiger partial charge in [0.05, 0.1) is 6.54 Å². The highest BCUT2D eigenvalue weighted by atomic mass is 35.5. The molecule has 0 fully saturated rings. The molecule has 0 bridgehead atoms. The number of nitrogens with one attached hydrogen (secondary N) is 1. The number of benzene rings is 2. The van der Waals surface area contributed by atoms with Crippen molar-refractivity contribution in [1.29, 1.82) is 0 Å². The minimum Gasteiger partial charge on any atom is -0.368 e. The number of rotatable bonds is 5. The molecule has 0 aliphatic rings. The lowest BCUT2D eigenvalue weighted by atomic mass is 10.2. The lowest BCUT2D eigenvalue weighted by Crippen LogP contribution is -2.06. The molecule has 130 valence electrons. The van der Waals surface area contributed by atoms with Crippen molar-refractivity contribution >= 4 is 28.6 Å². The van der Waals surface area contributed by atoms with E-state index in [1.165, 1.54) is 0 Å². The van der Waals surface area contributed by atoms with Crippen LogP contribution in [0.1, 0.15) is 12.5 Å². The fourth-order valence-electron chi connectivity index (χ4n) is 2.76. The zero-order chi connectivity index (χ0) is 17.9. The van der Waals surface area contributed by atoms with Crippen molar-refractivity contribution in [3.63, 3.8) is 0 Å². The molecular weight excluding hydrogens is 348 g/mol. The van der Waals surface area contributed by atoms with Crippen LogP contribution in [-0.2, 0) is 6.54 Å². The first-order chi connectivity index (χ1) is 12.8. The predicted octanol–water partition coefficient (Wildman–Crippen LogP) is 4.02. The van der Waals surface area contributed by atoms with Gasteiger partial charge in [-0.05, 0) is 18.6 Å². The van der Waals surface area contributed by atoms with Gasteiger partial charge in [-0.25, -0.2) is 14.6 Å². The Morgan fingerprint density at radius 1 is 1.00 bits per heavy atom. The number of anilines is 1. The number of halogens is 1. The van der Waals surface area contributed by atoms with E-state index < -0.39 is 0 Å². The van der Waals surface area contributed by atoms with E-state index in [-0.39, 0.29) is 0 Å². The van der Waals surface area contributed by atoms with E-state index in [1.54, 1.807) is 4.68 Å². The molecule has 6 nitrogen and oxygen atoms in total. The predicted molar refractivity (Wildman–Crippen MR) is 103 cm³/mol. The third-order valence-electron chi connectivity index (χ3n) is 4.02. The molecule has 2 aromatic heterocycles. The second-order valence-electron chi connectivity index (χ2n) is 5.80. The SMILES string of the molecule is CCNc1nc(-c2ccccc2)nc2c1nnn2Cc1ccccc1Cl. The molecule has 26 heavy (non-hydrogen) atoms. The standard InChI is InChI=1S/C19H17ClN6/c1-2-21-18-16-19(23-17(22-18)13-8-4-3-5-9-13)26(25-24-16)12-14-10-6-7-11-15(14)20/h3-11H,2,12H2,1H3,(H,21,22,23). The molecular formula is C19H17ClN6. The molecule has 0 amide bonds. The second-order valence-corrected chi connectivity index (χ2v) is 6.21. The van der Waals surface area contributed by atoms with Crippen LogP contribution in [0.4, 0.5) is 5.82 Å². The maximum atomic E-state index is 6.29. The average Bonchev–Trinajstić information content (AvgIpc) is 3.08. The topological polar surface area (TPSA) is 68.5 Å². The van der Waals surface area contributed by atoms with Crippen LogP contribution in [-0.4, -0.2) is 31.5 Å². The minimum atomic E-state index is 0.493. The third kappa shape index (κ3) is 3.11. The van der Waals surface area contributed by atoms with Crippen molar-refractivity contribution in [2.24, 2.45) is 0 Å². The van der Waals surface area contributed by atoms with Gasteiger partial charge >= 0.3 is 0 Å². The van der Waals surface area contributed by atoms with Crippen molar-refractivity contribution in [2.45, 2.75) is 13.5 Å². The van der Waals surface area contributed by atoms with E-state index in [1.807, 2.05) is 61.5 Å². The van der Waals surface area contributed by atoms with Crippen LogP contribution in [0.3, 0.4) is 0 Å². The summed E-state index contributed by atoms with van der Waals surface area (Å²) in [6.45, 7) is 3.25. The zero-order valence-corrected chi connectivity index (χ0v) is 15.0. The van der Waals surface area contributed by atoms with E-state index in [0.717, 1.165) is 17.7 Å². The van der Waals surface area contributed by atoms with Crippen LogP contribution in [0.5, 0.6) is 0 Å².